The molecule has 0 aliphatic rings. The standard InChI is InChI=1S/C16H21ClN4O.ClH/c1-4-14-13(15(22)19-10-16(2,3)18)9-20-21(14)12-7-5-6-11(17)8-12;/h5-9H,4,10,18H2,1-3H3,(H,19,22);1H. The monoisotopic (exact) mass is 356 g/mol. The summed E-state index contributed by atoms with van der Waals surface area (Å²) in [6.45, 7) is 6.12. The molecule has 126 valence electrons. The van der Waals surface area contributed by atoms with Crippen LogP contribution in [0.5, 0.6) is 0 Å². The lowest BCUT2D eigenvalue weighted by atomic mass is 10.1. The minimum atomic E-state index is -0.453. The Labute approximate surface area is 147 Å². The first-order valence-corrected chi connectivity index (χ1v) is 7.59. The molecule has 5 nitrogen and oxygen atoms in total. The third-order valence-electron chi connectivity index (χ3n) is 3.21. The highest BCUT2D eigenvalue weighted by Crippen LogP contribution is 2.19. The molecule has 7 heteroatoms. The SMILES string of the molecule is CCc1c(C(=O)NCC(C)(C)N)cnn1-c1cccc(Cl)c1.Cl. The first kappa shape index (κ1) is 19.5. The summed E-state index contributed by atoms with van der Waals surface area (Å²) in [6.07, 6.45) is 2.26. The number of carbonyl (C=O) groups is 1. The fourth-order valence-electron chi connectivity index (χ4n) is 2.14. The van der Waals surface area contributed by atoms with Gasteiger partial charge in [-0.3, -0.25) is 4.79 Å². The van der Waals surface area contributed by atoms with E-state index in [0.717, 1.165) is 11.4 Å². The summed E-state index contributed by atoms with van der Waals surface area (Å²) in [5.41, 5.74) is 7.68. The van der Waals surface area contributed by atoms with Crippen molar-refractivity contribution in [3.05, 3.63) is 46.7 Å². The second-order valence-corrected chi connectivity index (χ2v) is 6.36. The summed E-state index contributed by atoms with van der Waals surface area (Å²) in [5.74, 6) is -0.163. The Morgan fingerprint density at radius 2 is 2.13 bits per heavy atom. The number of amides is 1. The molecule has 0 saturated heterocycles. The predicted octanol–water partition coefficient (Wildman–Crippen LogP) is 2.98. The summed E-state index contributed by atoms with van der Waals surface area (Å²) in [4.78, 5) is 12.3. The van der Waals surface area contributed by atoms with Crippen LogP contribution in [0.25, 0.3) is 5.69 Å². The van der Waals surface area contributed by atoms with E-state index in [1.807, 2.05) is 39.0 Å². The number of nitrogens with one attached hydrogen (secondary N) is 1. The number of nitrogens with zero attached hydrogens (tertiary/aromatic N) is 2. The third kappa shape index (κ3) is 4.96. The fourth-order valence-corrected chi connectivity index (χ4v) is 2.32. The van der Waals surface area contributed by atoms with Gasteiger partial charge >= 0.3 is 0 Å². The average Bonchev–Trinajstić information content (AvgIpc) is 2.87. The zero-order valence-corrected chi connectivity index (χ0v) is 15.0. The molecule has 0 unspecified atom stereocenters. The van der Waals surface area contributed by atoms with Gasteiger partial charge in [0.15, 0.2) is 0 Å². The molecule has 0 atom stereocenters. The van der Waals surface area contributed by atoms with Gasteiger partial charge < -0.3 is 11.1 Å². The highest BCUT2D eigenvalue weighted by atomic mass is 35.5. The van der Waals surface area contributed by atoms with E-state index in [1.54, 1.807) is 16.9 Å². The van der Waals surface area contributed by atoms with Gasteiger partial charge in [0.1, 0.15) is 0 Å². The lowest BCUT2D eigenvalue weighted by Crippen LogP contribution is -2.45. The van der Waals surface area contributed by atoms with E-state index in [-0.39, 0.29) is 18.3 Å². The number of aromatic nitrogens is 2. The number of hydrogen-bond acceptors (Lipinski definition) is 3. The maximum atomic E-state index is 12.3. The Balaban J connectivity index is 0.00000264. The van der Waals surface area contributed by atoms with Crippen LogP contribution in [0, 0.1) is 0 Å². The van der Waals surface area contributed by atoms with E-state index in [4.69, 9.17) is 17.3 Å². The number of hydrogen-bond donors (Lipinski definition) is 2. The summed E-state index contributed by atoms with van der Waals surface area (Å²) in [5, 5.41) is 7.81. The van der Waals surface area contributed by atoms with E-state index >= 15 is 0 Å². The van der Waals surface area contributed by atoms with Gasteiger partial charge in [-0.1, -0.05) is 24.6 Å². The number of carbonyl (C=O) groups excluding carboxylic acids is 1. The van der Waals surface area contributed by atoms with Crippen molar-refractivity contribution >= 4 is 29.9 Å². The Hall–Kier alpha value is -1.56. The van der Waals surface area contributed by atoms with Crippen LogP contribution in [0.2, 0.25) is 5.02 Å². The highest BCUT2D eigenvalue weighted by molar-refractivity contribution is 6.30. The molecular formula is C16H22Cl2N4O. The Morgan fingerprint density at radius 1 is 1.43 bits per heavy atom. The van der Waals surface area contributed by atoms with Crippen molar-refractivity contribution in [2.24, 2.45) is 5.73 Å². The van der Waals surface area contributed by atoms with Gasteiger partial charge in [0, 0.05) is 17.1 Å². The van der Waals surface area contributed by atoms with E-state index in [2.05, 4.69) is 10.4 Å². The second kappa shape index (κ2) is 7.81. The van der Waals surface area contributed by atoms with E-state index in [0.29, 0.717) is 23.6 Å². The topological polar surface area (TPSA) is 72.9 Å². The van der Waals surface area contributed by atoms with E-state index in [1.165, 1.54) is 0 Å². The fraction of sp³-hybridized carbons (Fsp3) is 0.375. The second-order valence-electron chi connectivity index (χ2n) is 5.92. The maximum Gasteiger partial charge on any atom is 0.254 e. The van der Waals surface area contributed by atoms with Crippen LogP contribution in [-0.2, 0) is 6.42 Å². The van der Waals surface area contributed by atoms with Crippen molar-refractivity contribution in [1.82, 2.24) is 15.1 Å². The van der Waals surface area contributed by atoms with E-state index in [9.17, 15) is 4.79 Å². The Morgan fingerprint density at radius 3 is 2.70 bits per heavy atom. The molecule has 0 fully saturated rings. The van der Waals surface area contributed by atoms with Gasteiger partial charge in [0.05, 0.1) is 23.1 Å². The lowest BCUT2D eigenvalue weighted by molar-refractivity contribution is 0.0945. The van der Waals surface area contributed by atoms with Crippen molar-refractivity contribution in [2.75, 3.05) is 6.54 Å². The summed E-state index contributed by atoms with van der Waals surface area (Å²) < 4.78 is 1.74. The van der Waals surface area contributed by atoms with Crippen LogP contribution in [-0.4, -0.2) is 27.8 Å². The van der Waals surface area contributed by atoms with Crippen molar-refractivity contribution < 1.29 is 4.79 Å². The molecule has 0 bridgehead atoms. The molecule has 2 rings (SSSR count). The number of halogens is 2. The van der Waals surface area contributed by atoms with Gasteiger partial charge in [-0.25, -0.2) is 4.68 Å². The van der Waals surface area contributed by atoms with Crippen LogP contribution < -0.4 is 11.1 Å². The predicted molar refractivity (Wildman–Crippen MR) is 95.8 cm³/mol. The van der Waals surface area contributed by atoms with Crippen LogP contribution in [0.4, 0.5) is 0 Å². The lowest BCUT2D eigenvalue weighted by Gasteiger charge is -2.18. The van der Waals surface area contributed by atoms with Crippen LogP contribution in [0.1, 0.15) is 36.8 Å². The van der Waals surface area contributed by atoms with Gasteiger partial charge in [-0.05, 0) is 38.5 Å². The van der Waals surface area contributed by atoms with Crippen molar-refractivity contribution in [2.45, 2.75) is 32.7 Å². The number of benzene rings is 1. The zero-order chi connectivity index (χ0) is 16.3. The summed E-state index contributed by atoms with van der Waals surface area (Å²) in [6, 6.07) is 7.38. The number of nitrogens with two attached hydrogens (primary N) is 1. The van der Waals surface area contributed by atoms with Gasteiger partial charge in [0.2, 0.25) is 0 Å². The van der Waals surface area contributed by atoms with Gasteiger partial charge in [0.25, 0.3) is 5.91 Å². The van der Waals surface area contributed by atoms with E-state index < -0.39 is 5.54 Å². The molecular weight excluding hydrogens is 335 g/mol. The molecule has 0 aliphatic carbocycles. The molecule has 0 radical (unpaired) electrons. The number of rotatable bonds is 5. The molecule has 2 aromatic rings. The quantitative estimate of drug-likeness (QED) is 0.864. The average molecular weight is 357 g/mol. The zero-order valence-electron chi connectivity index (χ0n) is 13.5. The Kier molecular flexibility index (Phi) is 6.62. The van der Waals surface area contributed by atoms with Crippen molar-refractivity contribution in [3.8, 4) is 5.69 Å². The minimum Gasteiger partial charge on any atom is -0.350 e. The first-order chi connectivity index (χ1) is 10.3. The molecule has 0 aliphatic heterocycles. The molecule has 23 heavy (non-hydrogen) atoms. The summed E-state index contributed by atoms with van der Waals surface area (Å²) >= 11 is 6.03. The molecule has 1 amide bonds. The minimum absolute atomic E-state index is 0. The smallest absolute Gasteiger partial charge is 0.254 e. The molecule has 0 saturated carbocycles. The Bertz CT molecular complexity index is 677. The molecule has 1 aromatic heterocycles. The van der Waals surface area contributed by atoms with Crippen LogP contribution in [0.3, 0.4) is 0 Å². The van der Waals surface area contributed by atoms with Crippen molar-refractivity contribution in [1.29, 1.82) is 0 Å². The normalized spacial score (nSPS) is 11.0. The van der Waals surface area contributed by atoms with Gasteiger partial charge in [-0.2, -0.15) is 5.10 Å². The van der Waals surface area contributed by atoms with Crippen LogP contribution in [0.15, 0.2) is 30.5 Å². The van der Waals surface area contributed by atoms with Gasteiger partial charge in [-0.15, -0.1) is 12.4 Å². The van der Waals surface area contributed by atoms with Crippen molar-refractivity contribution in [3.63, 3.8) is 0 Å². The van der Waals surface area contributed by atoms with Crippen LogP contribution >= 0.6 is 24.0 Å². The third-order valence-corrected chi connectivity index (χ3v) is 3.44. The molecule has 1 heterocycles. The molecule has 1 aromatic carbocycles. The molecule has 3 N–H and O–H groups in total. The largest absolute Gasteiger partial charge is 0.350 e. The molecule has 0 spiro atoms. The maximum absolute atomic E-state index is 12.3. The summed E-state index contributed by atoms with van der Waals surface area (Å²) in [7, 11) is 0. The highest BCUT2D eigenvalue weighted by Gasteiger charge is 2.19. The first-order valence-electron chi connectivity index (χ1n) is 7.22.